The smallest absolute Gasteiger partial charge is 0.263 e. The van der Waals surface area contributed by atoms with Crippen LogP contribution in [0.25, 0.3) is 0 Å². The van der Waals surface area contributed by atoms with Gasteiger partial charge in [-0.3, -0.25) is 14.3 Å². The molecule has 4 rings (SSSR count). The highest BCUT2D eigenvalue weighted by Gasteiger charge is 2.26. The summed E-state index contributed by atoms with van der Waals surface area (Å²) in [7, 11) is 0. The molecule has 2 heterocycles. The minimum Gasteiger partial charge on any atom is -0.348 e. The molecule has 0 unspecified atom stereocenters. The van der Waals surface area contributed by atoms with E-state index in [4.69, 9.17) is 0 Å². The van der Waals surface area contributed by atoms with E-state index >= 15 is 0 Å². The van der Waals surface area contributed by atoms with Crippen molar-refractivity contribution >= 4 is 5.91 Å². The summed E-state index contributed by atoms with van der Waals surface area (Å²) in [6.07, 6.45) is 7.08. The number of hydrogen-bond acceptors (Lipinski definition) is 4. The van der Waals surface area contributed by atoms with Crippen molar-refractivity contribution < 1.29 is 4.79 Å². The number of hydrogen-bond donors (Lipinski definition) is 2. The lowest BCUT2D eigenvalue weighted by Gasteiger charge is -2.11. The Labute approximate surface area is 150 Å². The average Bonchev–Trinajstić information content (AvgIpc) is 3.38. The molecule has 1 amide bonds. The molecule has 1 aliphatic carbocycles. The number of H-pyrrole nitrogens is 1. The number of rotatable bonds is 6. The SMILES string of the molecule is O=C(NCc1ccccc1Cn1cccn1)c1cnc(C2CC2)[nH]c1=O. The van der Waals surface area contributed by atoms with Crippen LogP contribution < -0.4 is 10.9 Å². The summed E-state index contributed by atoms with van der Waals surface area (Å²) in [6, 6.07) is 9.71. The van der Waals surface area contributed by atoms with Gasteiger partial charge >= 0.3 is 0 Å². The Hall–Kier alpha value is -3.22. The van der Waals surface area contributed by atoms with Crippen molar-refractivity contribution in [3.63, 3.8) is 0 Å². The lowest BCUT2D eigenvalue weighted by atomic mass is 10.1. The molecule has 1 fully saturated rings. The summed E-state index contributed by atoms with van der Waals surface area (Å²) < 4.78 is 1.83. The predicted octanol–water partition coefficient (Wildman–Crippen LogP) is 1.82. The number of carbonyl (C=O) groups excluding carboxylic acids is 1. The average molecular weight is 349 g/mol. The molecular formula is C19H19N5O2. The summed E-state index contributed by atoms with van der Waals surface area (Å²) in [5.41, 5.74) is 1.70. The third-order valence-electron chi connectivity index (χ3n) is 4.48. The molecule has 0 bridgehead atoms. The van der Waals surface area contributed by atoms with Crippen LogP contribution in [0.4, 0.5) is 0 Å². The van der Waals surface area contributed by atoms with Crippen molar-refractivity contribution in [1.29, 1.82) is 0 Å². The molecular weight excluding hydrogens is 330 g/mol. The van der Waals surface area contributed by atoms with Gasteiger partial charge in [0.05, 0.1) is 6.54 Å². The van der Waals surface area contributed by atoms with Crippen LogP contribution in [0.2, 0.25) is 0 Å². The van der Waals surface area contributed by atoms with Crippen molar-refractivity contribution in [1.82, 2.24) is 25.1 Å². The monoisotopic (exact) mass is 349 g/mol. The molecule has 0 atom stereocenters. The molecule has 7 nitrogen and oxygen atoms in total. The van der Waals surface area contributed by atoms with Crippen LogP contribution in [0.15, 0.2) is 53.7 Å². The number of benzene rings is 1. The number of aromatic nitrogens is 4. The highest BCUT2D eigenvalue weighted by atomic mass is 16.2. The van der Waals surface area contributed by atoms with Crippen molar-refractivity contribution in [3.8, 4) is 0 Å². The van der Waals surface area contributed by atoms with E-state index in [9.17, 15) is 9.59 Å². The first kappa shape index (κ1) is 16.3. The summed E-state index contributed by atoms with van der Waals surface area (Å²) in [5, 5.41) is 7.02. The fourth-order valence-electron chi connectivity index (χ4n) is 2.86. The van der Waals surface area contributed by atoms with Crippen molar-refractivity contribution in [2.75, 3.05) is 0 Å². The van der Waals surface area contributed by atoms with Gasteiger partial charge in [-0.1, -0.05) is 24.3 Å². The van der Waals surface area contributed by atoms with Crippen LogP contribution in [-0.4, -0.2) is 25.7 Å². The number of nitrogens with one attached hydrogen (secondary N) is 2. The zero-order valence-electron chi connectivity index (χ0n) is 14.2. The second-order valence-corrected chi connectivity index (χ2v) is 6.44. The van der Waals surface area contributed by atoms with Gasteiger partial charge in [-0.15, -0.1) is 0 Å². The Morgan fingerprint density at radius 1 is 1.23 bits per heavy atom. The van der Waals surface area contributed by atoms with Crippen LogP contribution >= 0.6 is 0 Å². The number of carbonyl (C=O) groups is 1. The van der Waals surface area contributed by atoms with Crippen molar-refractivity contribution in [3.05, 3.63) is 81.8 Å². The molecule has 2 N–H and O–H groups in total. The van der Waals surface area contributed by atoms with Gasteiger partial charge in [0.2, 0.25) is 0 Å². The third-order valence-corrected chi connectivity index (χ3v) is 4.48. The molecule has 26 heavy (non-hydrogen) atoms. The van der Waals surface area contributed by atoms with E-state index < -0.39 is 5.91 Å². The molecule has 2 aromatic heterocycles. The minimum absolute atomic E-state index is 0.0407. The summed E-state index contributed by atoms with van der Waals surface area (Å²) in [4.78, 5) is 31.4. The Balaban J connectivity index is 1.45. The van der Waals surface area contributed by atoms with Crippen molar-refractivity contribution in [2.24, 2.45) is 0 Å². The standard InChI is InChI=1S/C19H19N5O2/c25-18(16-11-20-17(13-6-7-13)23-19(16)26)21-10-14-4-1-2-5-15(14)12-24-9-3-8-22-24/h1-5,8-9,11,13H,6-7,10,12H2,(H,21,25)(H,20,23,26). The van der Waals surface area contributed by atoms with Crippen LogP contribution in [0.3, 0.4) is 0 Å². The van der Waals surface area contributed by atoms with Crippen LogP contribution in [0.5, 0.6) is 0 Å². The van der Waals surface area contributed by atoms with Gasteiger partial charge in [0, 0.05) is 31.1 Å². The minimum atomic E-state index is -0.421. The number of nitrogens with zero attached hydrogens (tertiary/aromatic N) is 3. The molecule has 0 saturated heterocycles. The Kier molecular flexibility index (Phi) is 4.35. The lowest BCUT2D eigenvalue weighted by molar-refractivity contribution is 0.0949. The van der Waals surface area contributed by atoms with E-state index in [-0.39, 0.29) is 11.1 Å². The molecule has 1 aliphatic rings. The van der Waals surface area contributed by atoms with Gasteiger partial charge in [-0.05, 0) is 30.0 Å². The van der Waals surface area contributed by atoms with Gasteiger partial charge in [0.25, 0.3) is 11.5 Å². The van der Waals surface area contributed by atoms with Gasteiger partial charge < -0.3 is 10.3 Å². The first-order valence-electron chi connectivity index (χ1n) is 8.62. The van der Waals surface area contributed by atoms with Crippen LogP contribution in [0.1, 0.15) is 46.1 Å². The molecule has 0 radical (unpaired) electrons. The maximum Gasteiger partial charge on any atom is 0.263 e. The molecule has 1 aromatic carbocycles. The summed E-state index contributed by atoms with van der Waals surface area (Å²) >= 11 is 0. The van der Waals surface area contributed by atoms with E-state index in [2.05, 4.69) is 20.4 Å². The van der Waals surface area contributed by atoms with Crippen LogP contribution in [0, 0.1) is 0 Å². The largest absolute Gasteiger partial charge is 0.348 e. The normalized spacial score (nSPS) is 13.5. The third kappa shape index (κ3) is 3.56. The maximum atomic E-state index is 12.4. The number of aromatic amines is 1. The van der Waals surface area contributed by atoms with E-state index in [1.807, 2.05) is 41.2 Å². The fourth-order valence-corrected chi connectivity index (χ4v) is 2.86. The van der Waals surface area contributed by atoms with E-state index in [0.717, 1.165) is 24.0 Å². The molecule has 3 aromatic rings. The maximum absolute atomic E-state index is 12.4. The Morgan fingerprint density at radius 2 is 2.04 bits per heavy atom. The van der Waals surface area contributed by atoms with E-state index in [0.29, 0.717) is 24.8 Å². The number of amides is 1. The highest BCUT2D eigenvalue weighted by Crippen LogP contribution is 2.37. The molecule has 1 saturated carbocycles. The zero-order valence-corrected chi connectivity index (χ0v) is 14.2. The fraction of sp³-hybridized carbons (Fsp3) is 0.263. The molecule has 0 aliphatic heterocycles. The van der Waals surface area contributed by atoms with Gasteiger partial charge in [0.1, 0.15) is 11.4 Å². The Morgan fingerprint density at radius 3 is 2.73 bits per heavy atom. The van der Waals surface area contributed by atoms with Crippen LogP contribution in [-0.2, 0) is 13.1 Å². The summed E-state index contributed by atoms with van der Waals surface area (Å²) in [6.45, 7) is 0.956. The molecule has 7 heteroatoms. The summed E-state index contributed by atoms with van der Waals surface area (Å²) in [5.74, 6) is 0.597. The second kappa shape index (κ2) is 6.95. The quantitative estimate of drug-likeness (QED) is 0.710. The van der Waals surface area contributed by atoms with Crippen molar-refractivity contribution in [2.45, 2.75) is 31.8 Å². The Bertz CT molecular complexity index is 974. The first-order chi connectivity index (χ1) is 12.7. The van der Waals surface area contributed by atoms with E-state index in [1.54, 1.807) is 6.20 Å². The van der Waals surface area contributed by atoms with E-state index in [1.165, 1.54) is 6.20 Å². The predicted molar refractivity (Wildman–Crippen MR) is 95.8 cm³/mol. The topological polar surface area (TPSA) is 92.7 Å². The van der Waals surface area contributed by atoms with Gasteiger partial charge in [0.15, 0.2) is 0 Å². The molecule has 0 spiro atoms. The lowest BCUT2D eigenvalue weighted by Crippen LogP contribution is -2.30. The molecule has 132 valence electrons. The van der Waals surface area contributed by atoms with Gasteiger partial charge in [-0.2, -0.15) is 5.10 Å². The second-order valence-electron chi connectivity index (χ2n) is 6.44. The zero-order chi connectivity index (χ0) is 17.9. The van der Waals surface area contributed by atoms with Gasteiger partial charge in [-0.25, -0.2) is 4.98 Å². The highest BCUT2D eigenvalue weighted by molar-refractivity contribution is 5.93. The first-order valence-corrected chi connectivity index (χ1v) is 8.62.